The molecule has 1 fully saturated rings. The highest BCUT2D eigenvalue weighted by Gasteiger charge is 2.48. The van der Waals surface area contributed by atoms with Crippen molar-refractivity contribution in [2.24, 2.45) is 0 Å². The molecule has 0 unspecified atom stereocenters. The van der Waals surface area contributed by atoms with Gasteiger partial charge in [0.25, 0.3) is 5.92 Å². The lowest BCUT2D eigenvalue weighted by atomic mass is 9.98. The molecule has 1 saturated carbocycles. The van der Waals surface area contributed by atoms with Crippen LogP contribution in [-0.4, -0.2) is 23.7 Å². The molecule has 1 amide bonds. The lowest BCUT2D eigenvalue weighted by molar-refractivity contribution is -0.161. The molecule has 0 bridgehead atoms. The first-order valence-corrected chi connectivity index (χ1v) is 10.2. The maximum Gasteiger partial charge on any atom is 0.407 e. The zero-order valence-electron chi connectivity index (χ0n) is 17.3. The Hall–Kier alpha value is -3.06. The van der Waals surface area contributed by atoms with Gasteiger partial charge in [0, 0.05) is 12.0 Å². The number of hydrogen-bond donors (Lipinski definition) is 2. The van der Waals surface area contributed by atoms with Crippen molar-refractivity contribution >= 4 is 5.91 Å². The molecule has 33 heavy (non-hydrogen) atoms. The molecule has 2 atom stereocenters. The van der Waals surface area contributed by atoms with Gasteiger partial charge in [0.15, 0.2) is 0 Å². The minimum atomic E-state index is -4.90. The van der Waals surface area contributed by atoms with E-state index in [2.05, 4.69) is 10.6 Å². The highest BCUT2D eigenvalue weighted by Crippen LogP contribution is 2.37. The van der Waals surface area contributed by atoms with E-state index >= 15 is 0 Å². The molecule has 0 spiro atoms. The Balaban J connectivity index is 1.84. The predicted octanol–water partition coefficient (Wildman–Crippen LogP) is 5.13. The van der Waals surface area contributed by atoms with Gasteiger partial charge in [-0.3, -0.25) is 10.1 Å². The molecule has 1 aliphatic rings. The van der Waals surface area contributed by atoms with Crippen molar-refractivity contribution < 1.29 is 31.1 Å². The highest BCUT2D eigenvalue weighted by molar-refractivity contribution is 5.83. The smallest absolute Gasteiger partial charge is 0.336 e. The number of benzene rings is 2. The number of carbonyl (C=O) groups is 1. The van der Waals surface area contributed by atoms with Crippen LogP contribution in [0.3, 0.4) is 0 Å². The average molecular weight is 469 g/mol. The molecule has 4 nitrogen and oxygen atoms in total. The largest absolute Gasteiger partial charge is 0.407 e. The van der Waals surface area contributed by atoms with Crippen molar-refractivity contribution in [3.8, 4) is 6.07 Å². The molecule has 0 aromatic heterocycles. The van der Waals surface area contributed by atoms with Crippen molar-refractivity contribution in [2.75, 3.05) is 0 Å². The molecule has 3 rings (SSSR count). The number of nitrogens with zero attached hydrogens (tertiary/aromatic N) is 1. The van der Waals surface area contributed by atoms with Gasteiger partial charge in [0.2, 0.25) is 5.91 Å². The van der Waals surface area contributed by atoms with E-state index in [4.69, 9.17) is 0 Å². The van der Waals surface area contributed by atoms with Gasteiger partial charge in [-0.2, -0.15) is 18.4 Å². The predicted molar refractivity (Wildman–Crippen MR) is 107 cm³/mol. The van der Waals surface area contributed by atoms with Crippen LogP contribution in [-0.2, 0) is 10.7 Å². The van der Waals surface area contributed by atoms with Crippen LogP contribution in [0.4, 0.5) is 26.3 Å². The number of rotatable bonds is 9. The second-order valence-electron chi connectivity index (χ2n) is 8.04. The first kappa shape index (κ1) is 24.6. The van der Waals surface area contributed by atoms with Crippen LogP contribution in [0.5, 0.6) is 0 Å². The third-order valence-electron chi connectivity index (χ3n) is 5.48. The number of carbonyl (C=O) groups excluding carboxylic acids is 1. The van der Waals surface area contributed by atoms with E-state index in [0.29, 0.717) is 12.8 Å². The summed E-state index contributed by atoms with van der Waals surface area (Å²) in [6.45, 7) is 0. The van der Waals surface area contributed by atoms with Crippen molar-refractivity contribution in [1.29, 1.82) is 5.26 Å². The number of halogens is 6. The Labute approximate surface area is 186 Å². The van der Waals surface area contributed by atoms with Crippen LogP contribution in [0.2, 0.25) is 0 Å². The van der Waals surface area contributed by atoms with Crippen molar-refractivity contribution in [1.82, 2.24) is 10.6 Å². The SMILES string of the molecule is N#CC1(NC(=O)[C@H](CCC(F)(F)c2ccccc2)N[C@@H](c2ccc(F)cc2)C(F)(F)F)CC1. The zero-order chi connectivity index (χ0) is 24.3. The molecule has 2 aromatic rings. The molecule has 176 valence electrons. The third-order valence-corrected chi connectivity index (χ3v) is 5.48. The second-order valence-corrected chi connectivity index (χ2v) is 8.04. The van der Waals surface area contributed by atoms with Crippen LogP contribution >= 0.6 is 0 Å². The number of amides is 1. The van der Waals surface area contributed by atoms with Gasteiger partial charge in [-0.15, -0.1) is 0 Å². The summed E-state index contributed by atoms with van der Waals surface area (Å²) in [5, 5.41) is 13.7. The summed E-state index contributed by atoms with van der Waals surface area (Å²) in [6.07, 6.45) is -5.80. The summed E-state index contributed by atoms with van der Waals surface area (Å²) in [4.78, 5) is 12.8. The Bertz CT molecular complexity index is 998. The fraction of sp³-hybridized carbons (Fsp3) is 0.391. The maximum atomic E-state index is 14.7. The van der Waals surface area contributed by atoms with Gasteiger partial charge < -0.3 is 5.32 Å². The van der Waals surface area contributed by atoms with E-state index in [9.17, 15) is 36.4 Å². The summed E-state index contributed by atoms with van der Waals surface area (Å²) in [5.41, 5.74) is -1.90. The monoisotopic (exact) mass is 469 g/mol. The summed E-state index contributed by atoms with van der Waals surface area (Å²) in [5.74, 6) is -5.12. The molecular formula is C23H21F6N3O. The van der Waals surface area contributed by atoms with Crippen LogP contribution in [0.1, 0.15) is 42.9 Å². The summed E-state index contributed by atoms with van der Waals surface area (Å²) in [6, 6.07) is 8.03. The van der Waals surface area contributed by atoms with Gasteiger partial charge in [0.05, 0.1) is 12.1 Å². The molecule has 0 saturated heterocycles. The molecule has 10 heteroatoms. The number of hydrogen-bond acceptors (Lipinski definition) is 3. The second kappa shape index (κ2) is 9.43. The van der Waals surface area contributed by atoms with Gasteiger partial charge in [0.1, 0.15) is 17.4 Å². The fourth-order valence-corrected chi connectivity index (χ4v) is 3.39. The molecule has 2 aromatic carbocycles. The number of nitriles is 1. The van der Waals surface area contributed by atoms with Crippen LogP contribution in [0.15, 0.2) is 54.6 Å². The summed E-state index contributed by atoms with van der Waals surface area (Å²) >= 11 is 0. The normalized spacial score (nSPS) is 17.0. The van der Waals surface area contributed by atoms with Gasteiger partial charge in [-0.25, -0.2) is 13.2 Å². The average Bonchev–Trinajstić information content (AvgIpc) is 3.54. The summed E-state index contributed by atoms with van der Waals surface area (Å²) < 4.78 is 83.9. The van der Waals surface area contributed by atoms with Crippen LogP contribution < -0.4 is 10.6 Å². The van der Waals surface area contributed by atoms with E-state index in [1.165, 1.54) is 24.3 Å². The number of nitrogens with one attached hydrogen (secondary N) is 2. The topological polar surface area (TPSA) is 64.9 Å². The quantitative estimate of drug-likeness (QED) is 0.501. The molecule has 0 aliphatic heterocycles. The molecule has 0 radical (unpaired) electrons. The van der Waals surface area contributed by atoms with Gasteiger partial charge >= 0.3 is 6.18 Å². The first-order valence-electron chi connectivity index (χ1n) is 10.2. The van der Waals surface area contributed by atoms with E-state index in [-0.39, 0.29) is 11.1 Å². The number of alkyl halides is 5. The standard InChI is InChI=1S/C23H21F6N3O/c24-17-8-6-15(7-9-17)19(23(27,28)29)31-18(20(33)32-21(14-30)12-13-21)10-11-22(25,26)16-4-2-1-3-5-16/h1-9,18-19,31H,10-13H2,(H,32,33)/t18-,19-/m0/s1. The van der Waals surface area contributed by atoms with Crippen molar-refractivity contribution in [2.45, 2.75) is 55.4 Å². The Kier molecular flexibility index (Phi) is 7.03. The third kappa shape index (κ3) is 6.26. The molecule has 0 heterocycles. The van der Waals surface area contributed by atoms with Crippen molar-refractivity contribution in [3.63, 3.8) is 0 Å². The Morgan fingerprint density at radius 3 is 2.15 bits per heavy atom. The molecule has 1 aliphatic carbocycles. The van der Waals surface area contributed by atoms with E-state index < -0.39 is 54.3 Å². The van der Waals surface area contributed by atoms with E-state index in [1.54, 1.807) is 6.07 Å². The summed E-state index contributed by atoms with van der Waals surface area (Å²) in [7, 11) is 0. The lowest BCUT2D eigenvalue weighted by Gasteiger charge is -2.29. The van der Waals surface area contributed by atoms with E-state index in [0.717, 1.165) is 24.3 Å². The lowest BCUT2D eigenvalue weighted by Crippen LogP contribution is -2.52. The first-order chi connectivity index (χ1) is 15.5. The Morgan fingerprint density at radius 1 is 1.03 bits per heavy atom. The molecular weight excluding hydrogens is 448 g/mol. The van der Waals surface area contributed by atoms with Crippen LogP contribution in [0.25, 0.3) is 0 Å². The van der Waals surface area contributed by atoms with Crippen LogP contribution in [0, 0.1) is 17.1 Å². The highest BCUT2D eigenvalue weighted by atomic mass is 19.4. The van der Waals surface area contributed by atoms with Gasteiger partial charge in [-0.05, 0) is 37.0 Å². The minimum Gasteiger partial charge on any atom is -0.336 e. The molecule has 2 N–H and O–H groups in total. The van der Waals surface area contributed by atoms with Crippen molar-refractivity contribution in [3.05, 3.63) is 71.5 Å². The maximum absolute atomic E-state index is 14.7. The van der Waals surface area contributed by atoms with E-state index in [1.807, 2.05) is 6.07 Å². The van der Waals surface area contributed by atoms with Gasteiger partial charge in [-0.1, -0.05) is 42.5 Å². The zero-order valence-corrected chi connectivity index (χ0v) is 17.3. The Morgan fingerprint density at radius 2 is 1.64 bits per heavy atom. The fourth-order valence-electron chi connectivity index (χ4n) is 3.39. The minimum absolute atomic E-state index is 0.322.